The summed E-state index contributed by atoms with van der Waals surface area (Å²) in [5.41, 5.74) is 15.5. The molecule has 0 amide bonds. The molecule has 0 fully saturated rings. The van der Waals surface area contributed by atoms with Crippen LogP contribution in [0.15, 0.2) is 45.7 Å². The van der Waals surface area contributed by atoms with Gasteiger partial charge in [0.2, 0.25) is 0 Å². The van der Waals surface area contributed by atoms with E-state index in [4.69, 9.17) is 5.73 Å². The molecule has 1 heteroatoms. The summed E-state index contributed by atoms with van der Waals surface area (Å²) in [5, 5.41) is 0. The molecule has 0 saturated heterocycles. The molecule has 0 saturated carbocycles. The van der Waals surface area contributed by atoms with Gasteiger partial charge in [-0.2, -0.15) is 0 Å². The zero-order valence-electron chi connectivity index (χ0n) is 11.1. The van der Waals surface area contributed by atoms with E-state index in [9.17, 15) is 0 Å². The maximum atomic E-state index is 6.42. The quantitative estimate of drug-likeness (QED) is 0.735. The largest absolute Gasteiger partial charge is 0.398 e. The highest BCUT2D eigenvalue weighted by Gasteiger charge is 2.46. The molecule has 4 aliphatic rings. The average molecular weight is 239 g/mol. The van der Waals surface area contributed by atoms with Crippen LogP contribution in [0.4, 0.5) is 0 Å². The van der Waals surface area contributed by atoms with E-state index in [0.717, 1.165) is 11.6 Å². The maximum absolute atomic E-state index is 6.42. The molecule has 4 aliphatic carbocycles. The Hall–Kier alpha value is -1.24. The van der Waals surface area contributed by atoms with Gasteiger partial charge in [0.1, 0.15) is 0 Å². The van der Waals surface area contributed by atoms with E-state index in [2.05, 4.69) is 19.1 Å². The third kappa shape index (κ3) is 1.13. The van der Waals surface area contributed by atoms with Crippen molar-refractivity contribution in [1.29, 1.82) is 0 Å². The van der Waals surface area contributed by atoms with E-state index in [1.165, 1.54) is 55.2 Å². The molecule has 2 atom stereocenters. The minimum atomic E-state index is 0.644. The van der Waals surface area contributed by atoms with Crippen molar-refractivity contribution in [2.24, 2.45) is 17.6 Å². The molecule has 4 rings (SSSR count). The van der Waals surface area contributed by atoms with Crippen LogP contribution in [0, 0.1) is 11.8 Å². The SMILES string of the molecule is CCC1CC=CC2=C1C1C3=C(CCCC3)C(N)=C21. The molecule has 1 nitrogen and oxygen atoms in total. The monoisotopic (exact) mass is 239 g/mol. The molecule has 0 aromatic heterocycles. The number of nitrogens with two attached hydrogens (primary N) is 1. The Morgan fingerprint density at radius 1 is 1.28 bits per heavy atom. The van der Waals surface area contributed by atoms with E-state index in [1.54, 1.807) is 11.1 Å². The molecular weight excluding hydrogens is 218 g/mol. The van der Waals surface area contributed by atoms with Gasteiger partial charge >= 0.3 is 0 Å². The van der Waals surface area contributed by atoms with Crippen LogP contribution in [0.25, 0.3) is 0 Å². The normalized spacial score (nSPS) is 33.4. The first-order valence-corrected chi connectivity index (χ1v) is 7.45. The Bertz CT molecular complexity index is 542. The third-order valence-corrected chi connectivity index (χ3v) is 5.31. The van der Waals surface area contributed by atoms with Gasteiger partial charge in [-0.05, 0) is 66.7 Å². The first-order chi connectivity index (χ1) is 8.83. The Morgan fingerprint density at radius 2 is 2.11 bits per heavy atom. The van der Waals surface area contributed by atoms with Crippen molar-refractivity contribution < 1.29 is 0 Å². The molecule has 2 N–H and O–H groups in total. The molecule has 18 heavy (non-hydrogen) atoms. The average Bonchev–Trinajstić information content (AvgIpc) is 2.64. The molecule has 0 aromatic rings. The number of hydrogen-bond donors (Lipinski definition) is 1. The summed E-state index contributed by atoms with van der Waals surface area (Å²) in [6, 6.07) is 0. The van der Waals surface area contributed by atoms with Crippen LogP contribution >= 0.6 is 0 Å². The molecule has 0 aliphatic heterocycles. The Morgan fingerprint density at radius 3 is 2.94 bits per heavy atom. The Kier molecular flexibility index (Phi) is 2.15. The van der Waals surface area contributed by atoms with Gasteiger partial charge in [0.05, 0.1) is 0 Å². The molecule has 0 spiro atoms. The molecule has 0 radical (unpaired) electrons. The van der Waals surface area contributed by atoms with E-state index in [1.807, 2.05) is 0 Å². The zero-order chi connectivity index (χ0) is 12.3. The molecule has 0 heterocycles. The second-order valence-electron chi connectivity index (χ2n) is 6.08. The summed E-state index contributed by atoms with van der Waals surface area (Å²) >= 11 is 0. The first kappa shape index (κ1) is 10.7. The zero-order valence-corrected chi connectivity index (χ0v) is 11.1. The van der Waals surface area contributed by atoms with Crippen LogP contribution in [-0.2, 0) is 0 Å². The maximum Gasteiger partial charge on any atom is 0.0394 e. The van der Waals surface area contributed by atoms with Crippen LogP contribution in [0.3, 0.4) is 0 Å². The van der Waals surface area contributed by atoms with Gasteiger partial charge in [0.15, 0.2) is 0 Å². The molecule has 2 unspecified atom stereocenters. The summed E-state index contributed by atoms with van der Waals surface area (Å²) < 4.78 is 0. The first-order valence-electron chi connectivity index (χ1n) is 7.45. The van der Waals surface area contributed by atoms with Crippen molar-refractivity contribution in [3.05, 3.63) is 45.7 Å². The molecule has 0 bridgehead atoms. The van der Waals surface area contributed by atoms with Gasteiger partial charge in [0.25, 0.3) is 0 Å². The van der Waals surface area contributed by atoms with E-state index in [0.29, 0.717) is 5.92 Å². The minimum absolute atomic E-state index is 0.644. The summed E-state index contributed by atoms with van der Waals surface area (Å²) in [7, 11) is 0. The highest BCUT2D eigenvalue weighted by atomic mass is 14.7. The van der Waals surface area contributed by atoms with Gasteiger partial charge in [-0.25, -0.2) is 0 Å². The summed E-state index contributed by atoms with van der Waals surface area (Å²) in [6.45, 7) is 2.32. The lowest BCUT2D eigenvalue weighted by molar-refractivity contribution is 0.502. The summed E-state index contributed by atoms with van der Waals surface area (Å²) in [4.78, 5) is 0. The lowest BCUT2D eigenvalue weighted by atomic mass is 9.62. The van der Waals surface area contributed by atoms with Gasteiger partial charge in [-0.1, -0.05) is 24.6 Å². The highest BCUT2D eigenvalue weighted by molar-refractivity contribution is 5.72. The number of rotatable bonds is 1. The van der Waals surface area contributed by atoms with Gasteiger partial charge in [0, 0.05) is 11.6 Å². The Balaban J connectivity index is 1.83. The third-order valence-electron chi connectivity index (χ3n) is 5.31. The van der Waals surface area contributed by atoms with Crippen LogP contribution < -0.4 is 5.73 Å². The van der Waals surface area contributed by atoms with E-state index < -0.39 is 0 Å². The van der Waals surface area contributed by atoms with Gasteiger partial charge in [-0.15, -0.1) is 0 Å². The fourth-order valence-corrected chi connectivity index (χ4v) is 4.43. The second-order valence-corrected chi connectivity index (χ2v) is 6.08. The number of hydrogen-bond acceptors (Lipinski definition) is 1. The predicted octanol–water partition coefficient (Wildman–Crippen LogP) is 4.00. The van der Waals surface area contributed by atoms with Gasteiger partial charge in [-0.3, -0.25) is 0 Å². The molecule has 94 valence electrons. The van der Waals surface area contributed by atoms with Crippen molar-refractivity contribution in [2.75, 3.05) is 0 Å². The standard InChI is InChI=1S/C17H21N/c1-2-10-6-5-9-13-14(10)15-11-7-3-4-8-12(11)17(18)16(13)15/h5,9-10,15H,2-4,6-8,18H2,1H3. The summed E-state index contributed by atoms with van der Waals surface area (Å²) in [5.74, 6) is 1.42. The van der Waals surface area contributed by atoms with Crippen LogP contribution in [-0.4, -0.2) is 0 Å². The fourth-order valence-electron chi connectivity index (χ4n) is 4.43. The fraction of sp³-hybridized carbons (Fsp3) is 0.529. The van der Waals surface area contributed by atoms with E-state index >= 15 is 0 Å². The van der Waals surface area contributed by atoms with Crippen LogP contribution in [0.2, 0.25) is 0 Å². The topological polar surface area (TPSA) is 26.0 Å². The van der Waals surface area contributed by atoms with Crippen molar-refractivity contribution in [3.8, 4) is 0 Å². The lowest BCUT2D eigenvalue weighted by Gasteiger charge is -2.41. The van der Waals surface area contributed by atoms with Crippen LogP contribution in [0.1, 0.15) is 45.4 Å². The van der Waals surface area contributed by atoms with Crippen molar-refractivity contribution in [2.45, 2.75) is 45.4 Å². The number of allylic oxidation sites excluding steroid dienone is 7. The van der Waals surface area contributed by atoms with Crippen LogP contribution in [0.5, 0.6) is 0 Å². The summed E-state index contributed by atoms with van der Waals surface area (Å²) in [6.07, 6.45) is 12.4. The van der Waals surface area contributed by atoms with Crippen molar-refractivity contribution in [1.82, 2.24) is 0 Å². The van der Waals surface area contributed by atoms with E-state index in [-0.39, 0.29) is 0 Å². The smallest absolute Gasteiger partial charge is 0.0394 e. The Labute approximate surface area is 109 Å². The second kappa shape index (κ2) is 3.63. The van der Waals surface area contributed by atoms with Crippen molar-refractivity contribution in [3.63, 3.8) is 0 Å². The van der Waals surface area contributed by atoms with Gasteiger partial charge < -0.3 is 5.73 Å². The minimum Gasteiger partial charge on any atom is -0.398 e. The predicted molar refractivity (Wildman–Crippen MR) is 74.8 cm³/mol. The molecule has 0 aromatic carbocycles. The lowest BCUT2D eigenvalue weighted by Crippen LogP contribution is -2.29. The highest BCUT2D eigenvalue weighted by Crippen LogP contribution is 2.59. The molecular formula is C17H21N. The number of fused-ring (bicyclic) bond motifs is 4. The van der Waals surface area contributed by atoms with Crippen molar-refractivity contribution >= 4 is 0 Å².